The summed E-state index contributed by atoms with van der Waals surface area (Å²) in [6.45, 7) is 1.22. The van der Waals surface area contributed by atoms with E-state index in [0.717, 1.165) is 12.0 Å². The Morgan fingerprint density at radius 1 is 0.923 bits per heavy atom. The van der Waals surface area contributed by atoms with Gasteiger partial charge in [-0.2, -0.15) is 0 Å². The Kier molecular flexibility index (Phi) is 4.40. The summed E-state index contributed by atoms with van der Waals surface area (Å²) in [5, 5.41) is 0. The average molecular weight is 347 g/mol. The molecular weight excluding hydrogens is 329 g/mol. The first-order chi connectivity index (χ1) is 12.7. The van der Waals surface area contributed by atoms with Crippen LogP contribution in [-0.4, -0.2) is 23.9 Å². The fourth-order valence-electron chi connectivity index (χ4n) is 3.15. The van der Waals surface area contributed by atoms with Gasteiger partial charge in [-0.15, -0.1) is 0 Å². The summed E-state index contributed by atoms with van der Waals surface area (Å²) in [6, 6.07) is 19.7. The van der Waals surface area contributed by atoms with Gasteiger partial charge in [0.25, 0.3) is 5.91 Å². The minimum Gasteiger partial charge on any atom is -0.451 e. The van der Waals surface area contributed by atoms with Gasteiger partial charge in [0.05, 0.1) is 0 Å². The molecule has 0 saturated heterocycles. The number of halogens is 1. The Morgan fingerprint density at radius 3 is 2.38 bits per heavy atom. The van der Waals surface area contributed by atoms with Crippen molar-refractivity contribution in [2.45, 2.75) is 6.42 Å². The SMILES string of the molecule is O=C(c1ccc(-c2ccc(F)cc2)o1)N1CC=C(c2ccccc2)CC1. The fourth-order valence-corrected chi connectivity index (χ4v) is 3.15. The Bertz CT molecular complexity index is 942. The number of amides is 1. The molecular formula is C22H18FNO2. The number of hydrogen-bond acceptors (Lipinski definition) is 2. The van der Waals surface area contributed by atoms with Crippen LogP contribution >= 0.6 is 0 Å². The summed E-state index contributed by atoms with van der Waals surface area (Å²) in [4.78, 5) is 14.5. The van der Waals surface area contributed by atoms with Gasteiger partial charge in [0.1, 0.15) is 11.6 Å². The highest BCUT2D eigenvalue weighted by molar-refractivity contribution is 5.92. The van der Waals surface area contributed by atoms with Crippen molar-refractivity contribution in [2.75, 3.05) is 13.1 Å². The maximum Gasteiger partial charge on any atom is 0.289 e. The van der Waals surface area contributed by atoms with E-state index in [9.17, 15) is 9.18 Å². The first-order valence-electron chi connectivity index (χ1n) is 8.60. The molecule has 3 aromatic rings. The van der Waals surface area contributed by atoms with Crippen LogP contribution in [0.4, 0.5) is 4.39 Å². The average Bonchev–Trinajstić information content (AvgIpc) is 3.19. The molecule has 2 heterocycles. The summed E-state index contributed by atoms with van der Waals surface area (Å²) in [5.41, 5.74) is 3.22. The van der Waals surface area contributed by atoms with Gasteiger partial charge in [-0.3, -0.25) is 4.79 Å². The van der Waals surface area contributed by atoms with Crippen molar-refractivity contribution in [3.63, 3.8) is 0 Å². The zero-order valence-electron chi connectivity index (χ0n) is 14.2. The molecule has 1 aromatic heterocycles. The van der Waals surface area contributed by atoms with E-state index in [1.54, 1.807) is 29.2 Å². The van der Waals surface area contributed by atoms with E-state index in [-0.39, 0.29) is 11.7 Å². The van der Waals surface area contributed by atoms with Gasteiger partial charge >= 0.3 is 0 Å². The van der Waals surface area contributed by atoms with Gasteiger partial charge in [0, 0.05) is 18.7 Å². The molecule has 130 valence electrons. The zero-order chi connectivity index (χ0) is 17.9. The molecule has 0 radical (unpaired) electrons. The lowest BCUT2D eigenvalue weighted by Gasteiger charge is -2.25. The molecule has 2 aromatic carbocycles. The van der Waals surface area contributed by atoms with Crippen molar-refractivity contribution in [3.8, 4) is 11.3 Å². The molecule has 4 heteroatoms. The predicted molar refractivity (Wildman–Crippen MR) is 99.0 cm³/mol. The molecule has 1 amide bonds. The smallest absolute Gasteiger partial charge is 0.289 e. The minimum absolute atomic E-state index is 0.123. The fraction of sp³-hybridized carbons (Fsp3) is 0.136. The molecule has 4 rings (SSSR count). The molecule has 0 unspecified atom stereocenters. The molecule has 0 N–H and O–H groups in total. The molecule has 26 heavy (non-hydrogen) atoms. The third kappa shape index (κ3) is 3.31. The number of nitrogens with zero attached hydrogens (tertiary/aromatic N) is 1. The Morgan fingerprint density at radius 2 is 1.69 bits per heavy atom. The Hall–Kier alpha value is -3.14. The standard InChI is InChI=1S/C22H18FNO2/c23-19-8-6-18(7-9-19)20-10-11-21(26-20)22(25)24-14-12-17(13-15-24)16-4-2-1-3-5-16/h1-12H,13-15H2. The van der Waals surface area contributed by atoms with E-state index in [0.29, 0.717) is 24.6 Å². The van der Waals surface area contributed by atoms with Crippen LogP contribution in [0.15, 0.2) is 77.2 Å². The van der Waals surface area contributed by atoms with Crippen LogP contribution in [0.5, 0.6) is 0 Å². The molecule has 3 nitrogen and oxygen atoms in total. The largest absolute Gasteiger partial charge is 0.451 e. The van der Waals surface area contributed by atoms with Gasteiger partial charge in [-0.05, 0) is 54.0 Å². The van der Waals surface area contributed by atoms with Crippen LogP contribution in [0.1, 0.15) is 22.5 Å². The third-order valence-electron chi connectivity index (χ3n) is 4.59. The normalized spacial score (nSPS) is 14.2. The van der Waals surface area contributed by atoms with Crippen molar-refractivity contribution in [1.82, 2.24) is 4.90 Å². The number of rotatable bonds is 3. The summed E-state index contributed by atoms with van der Waals surface area (Å²) < 4.78 is 18.7. The van der Waals surface area contributed by atoms with Gasteiger partial charge in [0.2, 0.25) is 0 Å². The highest BCUT2D eigenvalue weighted by Crippen LogP contribution is 2.26. The third-order valence-corrected chi connectivity index (χ3v) is 4.59. The van der Waals surface area contributed by atoms with E-state index in [4.69, 9.17) is 4.42 Å². The Balaban J connectivity index is 1.47. The molecule has 0 aliphatic carbocycles. The first kappa shape index (κ1) is 16.3. The molecule has 1 aliphatic heterocycles. The molecule has 0 bridgehead atoms. The quantitative estimate of drug-likeness (QED) is 0.667. The lowest BCUT2D eigenvalue weighted by atomic mass is 9.99. The summed E-state index contributed by atoms with van der Waals surface area (Å²) in [7, 11) is 0. The lowest BCUT2D eigenvalue weighted by molar-refractivity contribution is 0.0742. The van der Waals surface area contributed by atoms with Crippen molar-refractivity contribution in [2.24, 2.45) is 0 Å². The zero-order valence-corrected chi connectivity index (χ0v) is 14.2. The van der Waals surface area contributed by atoms with Crippen LogP contribution in [0.3, 0.4) is 0 Å². The van der Waals surface area contributed by atoms with Crippen LogP contribution in [0.2, 0.25) is 0 Å². The van der Waals surface area contributed by atoms with E-state index in [1.165, 1.54) is 23.3 Å². The molecule has 0 saturated carbocycles. The second-order valence-corrected chi connectivity index (χ2v) is 6.27. The van der Waals surface area contributed by atoms with E-state index >= 15 is 0 Å². The van der Waals surface area contributed by atoms with Crippen molar-refractivity contribution in [3.05, 3.63) is 89.9 Å². The van der Waals surface area contributed by atoms with Gasteiger partial charge in [0.15, 0.2) is 5.76 Å². The lowest BCUT2D eigenvalue weighted by Crippen LogP contribution is -2.34. The summed E-state index contributed by atoms with van der Waals surface area (Å²) >= 11 is 0. The van der Waals surface area contributed by atoms with Gasteiger partial charge in [-0.1, -0.05) is 36.4 Å². The number of benzene rings is 2. The topological polar surface area (TPSA) is 33.5 Å². The van der Waals surface area contributed by atoms with E-state index < -0.39 is 0 Å². The van der Waals surface area contributed by atoms with Crippen LogP contribution in [-0.2, 0) is 0 Å². The van der Waals surface area contributed by atoms with E-state index in [2.05, 4.69) is 18.2 Å². The number of carbonyl (C=O) groups is 1. The molecule has 1 aliphatic rings. The second kappa shape index (κ2) is 7.00. The van der Waals surface area contributed by atoms with Crippen molar-refractivity contribution < 1.29 is 13.6 Å². The molecule has 0 spiro atoms. The van der Waals surface area contributed by atoms with Crippen LogP contribution < -0.4 is 0 Å². The highest BCUT2D eigenvalue weighted by atomic mass is 19.1. The van der Waals surface area contributed by atoms with Crippen molar-refractivity contribution in [1.29, 1.82) is 0 Å². The number of furan rings is 1. The second-order valence-electron chi connectivity index (χ2n) is 6.27. The first-order valence-corrected chi connectivity index (χ1v) is 8.60. The maximum absolute atomic E-state index is 13.0. The number of hydrogen-bond donors (Lipinski definition) is 0. The monoisotopic (exact) mass is 347 g/mol. The summed E-state index contributed by atoms with van der Waals surface area (Å²) in [5.74, 6) is 0.444. The van der Waals surface area contributed by atoms with E-state index in [1.807, 2.05) is 18.2 Å². The maximum atomic E-state index is 13.0. The Labute approximate surface area is 151 Å². The van der Waals surface area contributed by atoms with Crippen LogP contribution in [0, 0.1) is 5.82 Å². The minimum atomic E-state index is -0.300. The van der Waals surface area contributed by atoms with Gasteiger partial charge in [-0.25, -0.2) is 4.39 Å². The molecule has 0 atom stereocenters. The molecule has 0 fully saturated rings. The van der Waals surface area contributed by atoms with Crippen molar-refractivity contribution >= 4 is 11.5 Å². The van der Waals surface area contributed by atoms with Gasteiger partial charge < -0.3 is 9.32 Å². The predicted octanol–water partition coefficient (Wildman–Crippen LogP) is 5.02. The van der Waals surface area contributed by atoms with Crippen LogP contribution in [0.25, 0.3) is 16.9 Å². The summed E-state index contributed by atoms with van der Waals surface area (Å²) in [6.07, 6.45) is 2.92. The number of carbonyl (C=O) groups excluding carboxylic acids is 1. The highest BCUT2D eigenvalue weighted by Gasteiger charge is 2.22.